The number of rotatable bonds is 9. The molecule has 0 spiro atoms. The Hall–Kier alpha value is -0.580. The van der Waals surface area contributed by atoms with Crippen LogP contribution in [0.15, 0.2) is 24.3 Å². The standard InChI is InChI=1S/C17H23I2NO4/c1-12-5-4-6-15(11-12)20(7-9-23-16(21)13(2)18)8-10-24-17(22)14(3)19/h4-6,11,13-14H,7-10H2,1-3H3. The van der Waals surface area contributed by atoms with Crippen LogP contribution in [-0.2, 0) is 19.1 Å². The number of anilines is 1. The van der Waals surface area contributed by atoms with Crippen molar-refractivity contribution < 1.29 is 19.1 Å². The average Bonchev–Trinajstić information content (AvgIpc) is 2.52. The van der Waals surface area contributed by atoms with E-state index in [0.29, 0.717) is 26.3 Å². The van der Waals surface area contributed by atoms with Gasteiger partial charge in [0.05, 0.1) is 13.1 Å². The number of esters is 2. The van der Waals surface area contributed by atoms with Crippen LogP contribution < -0.4 is 4.90 Å². The number of benzene rings is 1. The van der Waals surface area contributed by atoms with E-state index in [-0.39, 0.29) is 19.8 Å². The Bertz CT molecular complexity index is 523. The smallest absolute Gasteiger partial charge is 0.318 e. The molecule has 24 heavy (non-hydrogen) atoms. The van der Waals surface area contributed by atoms with Gasteiger partial charge in [0.1, 0.15) is 21.1 Å². The highest BCUT2D eigenvalue weighted by Crippen LogP contribution is 2.16. The van der Waals surface area contributed by atoms with Gasteiger partial charge in [-0.1, -0.05) is 57.3 Å². The molecule has 0 bridgehead atoms. The summed E-state index contributed by atoms with van der Waals surface area (Å²) in [6.07, 6.45) is 0. The molecule has 1 rings (SSSR count). The normalized spacial score (nSPS) is 13.0. The van der Waals surface area contributed by atoms with Gasteiger partial charge >= 0.3 is 11.9 Å². The largest absolute Gasteiger partial charge is 0.463 e. The predicted octanol–water partition coefficient (Wildman–Crippen LogP) is 3.53. The first-order valence-electron chi connectivity index (χ1n) is 7.74. The molecule has 0 aliphatic heterocycles. The first kappa shape index (κ1) is 21.5. The van der Waals surface area contributed by atoms with Crippen LogP contribution in [0.4, 0.5) is 5.69 Å². The van der Waals surface area contributed by atoms with Gasteiger partial charge in [-0.05, 0) is 38.5 Å². The summed E-state index contributed by atoms with van der Waals surface area (Å²) >= 11 is 4.06. The number of halogens is 2. The third-order valence-electron chi connectivity index (χ3n) is 3.23. The van der Waals surface area contributed by atoms with Crippen LogP contribution in [0, 0.1) is 6.92 Å². The molecule has 1 aromatic rings. The van der Waals surface area contributed by atoms with Crippen LogP contribution in [0.2, 0.25) is 0 Å². The zero-order valence-electron chi connectivity index (χ0n) is 14.1. The fourth-order valence-electron chi connectivity index (χ4n) is 1.94. The van der Waals surface area contributed by atoms with Gasteiger partial charge in [0.2, 0.25) is 0 Å². The lowest BCUT2D eigenvalue weighted by Gasteiger charge is -2.25. The number of hydrogen-bond acceptors (Lipinski definition) is 5. The number of ether oxygens (including phenoxy) is 2. The summed E-state index contributed by atoms with van der Waals surface area (Å²) < 4.78 is 10.2. The minimum absolute atomic E-state index is 0.166. The van der Waals surface area contributed by atoms with Crippen molar-refractivity contribution in [2.75, 3.05) is 31.2 Å². The van der Waals surface area contributed by atoms with Gasteiger partial charge in [-0.25, -0.2) is 0 Å². The van der Waals surface area contributed by atoms with E-state index in [4.69, 9.17) is 9.47 Å². The van der Waals surface area contributed by atoms with Gasteiger partial charge in [0, 0.05) is 5.69 Å². The molecular formula is C17H23I2NO4. The van der Waals surface area contributed by atoms with Crippen molar-refractivity contribution in [3.05, 3.63) is 29.8 Å². The van der Waals surface area contributed by atoms with Crippen molar-refractivity contribution in [3.63, 3.8) is 0 Å². The molecule has 0 heterocycles. The zero-order valence-corrected chi connectivity index (χ0v) is 18.4. The maximum atomic E-state index is 11.6. The minimum atomic E-state index is -0.218. The summed E-state index contributed by atoms with van der Waals surface area (Å²) in [5.41, 5.74) is 2.17. The molecule has 7 heteroatoms. The van der Waals surface area contributed by atoms with Gasteiger partial charge in [0.25, 0.3) is 0 Å². The quantitative estimate of drug-likeness (QED) is 0.264. The van der Waals surface area contributed by atoms with Crippen LogP contribution in [0.1, 0.15) is 19.4 Å². The molecule has 0 radical (unpaired) electrons. The molecule has 0 N–H and O–H groups in total. The molecule has 0 aromatic heterocycles. The molecule has 0 saturated carbocycles. The molecule has 2 atom stereocenters. The number of alkyl halides is 2. The average molecular weight is 559 g/mol. The molecule has 0 aliphatic carbocycles. The lowest BCUT2D eigenvalue weighted by Crippen LogP contribution is -2.33. The Morgan fingerprint density at radius 3 is 1.96 bits per heavy atom. The molecule has 2 unspecified atom stereocenters. The second kappa shape index (κ2) is 11.1. The molecular weight excluding hydrogens is 536 g/mol. The maximum Gasteiger partial charge on any atom is 0.318 e. The van der Waals surface area contributed by atoms with Crippen molar-refractivity contribution in [2.45, 2.75) is 28.6 Å². The maximum absolute atomic E-state index is 11.6. The van der Waals surface area contributed by atoms with E-state index in [1.54, 1.807) is 13.8 Å². The lowest BCUT2D eigenvalue weighted by molar-refractivity contribution is -0.142. The summed E-state index contributed by atoms with van der Waals surface area (Å²) in [5, 5.41) is 0. The van der Waals surface area contributed by atoms with Crippen molar-refractivity contribution in [1.82, 2.24) is 0 Å². The number of nitrogens with zero attached hydrogens (tertiary/aromatic N) is 1. The molecule has 0 amide bonds. The molecule has 0 aliphatic rings. The van der Waals surface area contributed by atoms with Crippen LogP contribution in [0.3, 0.4) is 0 Å². The second-order valence-electron chi connectivity index (χ2n) is 5.39. The molecule has 134 valence electrons. The van der Waals surface area contributed by atoms with Gasteiger partial charge in [0.15, 0.2) is 0 Å². The van der Waals surface area contributed by atoms with E-state index in [1.807, 2.05) is 70.3 Å². The number of carbonyl (C=O) groups excluding carboxylic acids is 2. The Morgan fingerprint density at radius 2 is 1.54 bits per heavy atom. The first-order valence-corrected chi connectivity index (χ1v) is 10.2. The molecule has 0 saturated heterocycles. The Kier molecular flexibility index (Phi) is 9.94. The van der Waals surface area contributed by atoms with Crippen LogP contribution >= 0.6 is 45.2 Å². The van der Waals surface area contributed by atoms with Crippen molar-refractivity contribution in [1.29, 1.82) is 0 Å². The summed E-state index contributed by atoms with van der Waals surface area (Å²) in [6, 6.07) is 8.07. The highest BCUT2D eigenvalue weighted by Gasteiger charge is 2.14. The summed E-state index contributed by atoms with van der Waals surface area (Å²) in [5.74, 6) is -0.435. The molecule has 0 fully saturated rings. The number of aryl methyl sites for hydroxylation is 1. The summed E-state index contributed by atoms with van der Waals surface area (Å²) in [7, 11) is 0. The van der Waals surface area contributed by atoms with Gasteiger partial charge in [-0.2, -0.15) is 0 Å². The highest BCUT2D eigenvalue weighted by molar-refractivity contribution is 14.1. The van der Waals surface area contributed by atoms with E-state index < -0.39 is 0 Å². The van der Waals surface area contributed by atoms with Crippen LogP contribution in [0.5, 0.6) is 0 Å². The van der Waals surface area contributed by atoms with Gasteiger partial charge < -0.3 is 14.4 Å². The Balaban J connectivity index is 2.62. The lowest BCUT2D eigenvalue weighted by atomic mass is 10.2. The number of carbonyl (C=O) groups is 2. The second-order valence-corrected chi connectivity index (χ2v) is 9.13. The first-order chi connectivity index (χ1) is 11.3. The summed E-state index contributed by atoms with van der Waals surface area (Å²) in [6.45, 7) is 7.33. The number of hydrogen-bond donors (Lipinski definition) is 0. The van der Waals surface area contributed by atoms with Crippen molar-refractivity contribution in [3.8, 4) is 0 Å². The Labute approximate surface area is 170 Å². The predicted molar refractivity (Wildman–Crippen MR) is 112 cm³/mol. The van der Waals surface area contributed by atoms with E-state index >= 15 is 0 Å². The van der Waals surface area contributed by atoms with E-state index in [9.17, 15) is 9.59 Å². The third kappa shape index (κ3) is 8.00. The fourth-order valence-corrected chi connectivity index (χ4v) is 2.30. The van der Waals surface area contributed by atoms with Gasteiger partial charge in [-0.15, -0.1) is 0 Å². The van der Waals surface area contributed by atoms with Gasteiger partial charge in [-0.3, -0.25) is 9.59 Å². The van der Waals surface area contributed by atoms with E-state index in [0.717, 1.165) is 11.3 Å². The van der Waals surface area contributed by atoms with Crippen LogP contribution in [0.25, 0.3) is 0 Å². The van der Waals surface area contributed by atoms with E-state index in [1.165, 1.54) is 0 Å². The fraction of sp³-hybridized carbons (Fsp3) is 0.529. The molecule has 5 nitrogen and oxygen atoms in total. The van der Waals surface area contributed by atoms with E-state index in [2.05, 4.69) is 11.0 Å². The summed E-state index contributed by atoms with van der Waals surface area (Å²) in [4.78, 5) is 25.2. The molecule has 1 aromatic carbocycles. The monoisotopic (exact) mass is 559 g/mol. The highest BCUT2D eigenvalue weighted by atomic mass is 127. The Morgan fingerprint density at radius 1 is 1.04 bits per heavy atom. The minimum Gasteiger partial charge on any atom is -0.463 e. The zero-order chi connectivity index (χ0) is 18.1. The topological polar surface area (TPSA) is 55.8 Å². The van der Waals surface area contributed by atoms with Crippen LogP contribution in [-0.4, -0.2) is 46.1 Å². The SMILES string of the molecule is Cc1cccc(N(CCOC(=O)C(C)I)CCOC(=O)C(C)I)c1. The third-order valence-corrected chi connectivity index (χ3v) is 4.24. The van der Waals surface area contributed by atoms with Crippen molar-refractivity contribution >= 4 is 62.8 Å². The van der Waals surface area contributed by atoms with Crippen molar-refractivity contribution in [2.24, 2.45) is 0 Å².